The fourth-order valence-corrected chi connectivity index (χ4v) is 3.65. The van der Waals surface area contributed by atoms with Gasteiger partial charge in [0.25, 0.3) is 10.0 Å². The first-order valence-electron chi connectivity index (χ1n) is 6.59. The van der Waals surface area contributed by atoms with E-state index in [0.29, 0.717) is 27.7 Å². The van der Waals surface area contributed by atoms with Crippen molar-refractivity contribution in [2.24, 2.45) is 0 Å². The molecule has 0 aliphatic rings. The average molecular weight is 350 g/mol. The van der Waals surface area contributed by atoms with Gasteiger partial charge in [-0.1, -0.05) is 29.8 Å². The Morgan fingerprint density at radius 3 is 2.70 bits per heavy atom. The van der Waals surface area contributed by atoms with Crippen molar-refractivity contribution in [3.8, 4) is 11.4 Å². The Labute approximate surface area is 137 Å². The minimum atomic E-state index is -3.75. The second-order valence-electron chi connectivity index (χ2n) is 4.80. The number of benzene rings is 2. The summed E-state index contributed by atoms with van der Waals surface area (Å²) in [4.78, 5) is 0.136. The maximum absolute atomic E-state index is 12.6. The van der Waals surface area contributed by atoms with Crippen LogP contribution < -0.4 is 4.72 Å². The molecule has 0 amide bonds. The van der Waals surface area contributed by atoms with Gasteiger partial charge in [-0.05, 0) is 47.2 Å². The molecule has 0 bridgehead atoms. The van der Waals surface area contributed by atoms with E-state index < -0.39 is 10.0 Å². The minimum Gasteiger partial charge on any atom is -0.280 e. The molecular formula is C14H12ClN5O2S. The Hall–Kier alpha value is -2.45. The van der Waals surface area contributed by atoms with Gasteiger partial charge in [0.05, 0.1) is 4.90 Å². The van der Waals surface area contributed by atoms with E-state index in [9.17, 15) is 8.42 Å². The Morgan fingerprint density at radius 2 is 1.96 bits per heavy atom. The van der Waals surface area contributed by atoms with Crippen molar-refractivity contribution in [2.75, 3.05) is 4.72 Å². The molecule has 1 heterocycles. The Kier molecular flexibility index (Phi) is 4.01. The third-order valence-corrected chi connectivity index (χ3v) is 5.18. The molecule has 118 valence electrons. The van der Waals surface area contributed by atoms with Crippen LogP contribution in [0.2, 0.25) is 5.02 Å². The largest absolute Gasteiger partial charge is 0.280 e. The predicted molar refractivity (Wildman–Crippen MR) is 86.6 cm³/mol. The van der Waals surface area contributed by atoms with Crippen LogP contribution in [0.5, 0.6) is 0 Å². The lowest BCUT2D eigenvalue weighted by molar-refractivity contribution is 0.600. The number of nitrogens with one attached hydrogen (secondary N) is 2. The summed E-state index contributed by atoms with van der Waals surface area (Å²) in [5, 5.41) is 13.8. The van der Waals surface area contributed by atoms with Crippen molar-refractivity contribution >= 4 is 27.3 Å². The molecule has 0 spiro atoms. The molecule has 0 fully saturated rings. The normalized spacial score (nSPS) is 11.4. The molecule has 0 unspecified atom stereocenters. The quantitative estimate of drug-likeness (QED) is 0.754. The maximum Gasteiger partial charge on any atom is 0.262 e. The number of tetrazole rings is 1. The number of aromatic nitrogens is 4. The standard InChI is InChI=1S/C14H12ClN5O2S/c1-9-12(15)6-3-7-13(9)23(21,22)18-11-5-2-4-10(8-11)14-16-19-20-17-14/h2-8,18H,1H3,(H,16,17,19,20). The number of hydrogen-bond donors (Lipinski definition) is 2. The molecule has 2 N–H and O–H groups in total. The highest BCUT2D eigenvalue weighted by atomic mass is 35.5. The third-order valence-electron chi connectivity index (χ3n) is 3.24. The van der Waals surface area contributed by atoms with Gasteiger partial charge in [0.2, 0.25) is 0 Å². The maximum atomic E-state index is 12.6. The topological polar surface area (TPSA) is 101 Å². The smallest absolute Gasteiger partial charge is 0.262 e. The number of hydrogen-bond acceptors (Lipinski definition) is 5. The molecule has 0 radical (unpaired) electrons. The minimum absolute atomic E-state index is 0.136. The summed E-state index contributed by atoms with van der Waals surface area (Å²) in [6, 6.07) is 11.5. The van der Waals surface area contributed by atoms with Crippen LogP contribution in [0.4, 0.5) is 5.69 Å². The van der Waals surface area contributed by atoms with Crippen LogP contribution in [-0.4, -0.2) is 29.0 Å². The molecule has 1 aromatic heterocycles. The number of rotatable bonds is 4. The van der Waals surface area contributed by atoms with Crippen LogP contribution in [0, 0.1) is 6.92 Å². The van der Waals surface area contributed by atoms with Gasteiger partial charge >= 0.3 is 0 Å². The average Bonchev–Trinajstić information content (AvgIpc) is 3.04. The number of sulfonamides is 1. The highest BCUT2D eigenvalue weighted by Gasteiger charge is 2.18. The number of halogens is 1. The summed E-state index contributed by atoms with van der Waals surface area (Å²) in [7, 11) is -3.75. The van der Waals surface area contributed by atoms with Crippen LogP contribution in [0.15, 0.2) is 47.4 Å². The molecule has 0 aliphatic carbocycles. The molecular weight excluding hydrogens is 338 g/mol. The van der Waals surface area contributed by atoms with E-state index in [1.54, 1.807) is 43.3 Å². The van der Waals surface area contributed by atoms with E-state index in [2.05, 4.69) is 25.3 Å². The van der Waals surface area contributed by atoms with Gasteiger partial charge < -0.3 is 0 Å². The van der Waals surface area contributed by atoms with Gasteiger partial charge in [0.1, 0.15) is 0 Å². The van der Waals surface area contributed by atoms with Crippen molar-refractivity contribution in [1.82, 2.24) is 20.6 Å². The Balaban J connectivity index is 1.95. The molecule has 0 atom stereocenters. The van der Waals surface area contributed by atoms with E-state index >= 15 is 0 Å². The van der Waals surface area contributed by atoms with Gasteiger partial charge in [0, 0.05) is 16.3 Å². The van der Waals surface area contributed by atoms with Crippen molar-refractivity contribution in [1.29, 1.82) is 0 Å². The van der Waals surface area contributed by atoms with Crippen molar-refractivity contribution < 1.29 is 8.42 Å². The Bertz CT molecular complexity index is 942. The summed E-state index contributed by atoms with van der Waals surface area (Å²) < 4.78 is 27.6. The van der Waals surface area contributed by atoms with E-state index in [4.69, 9.17) is 11.6 Å². The summed E-state index contributed by atoms with van der Waals surface area (Å²) in [6.45, 7) is 1.66. The lowest BCUT2D eigenvalue weighted by Gasteiger charge is -2.11. The van der Waals surface area contributed by atoms with Gasteiger partial charge in [-0.3, -0.25) is 4.72 Å². The zero-order valence-corrected chi connectivity index (χ0v) is 13.6. The zero-order chi connectivity index (χ0) is 16.4. The molecule has 23 heavy (non-hydrogen) atoms. The van der Waals surface area contributed by atoms with Crippen LogP contribution in [0.3, 0.4) is 0 Å². The molecule has 0 saturated carbocycles. The SMILES string of the molecule is Cc1c(Cl)cccc1S(=O)(=O)Nc1cccc(-c2nnn[nH]2)c1. The number of aromatic amines is 1. The second-order valence-corrected chi connectivity index (χ2v) is 6.86. The first-order chi connectivity index (χ1) is 11.0. The first kappa shape index (κ1) is 15.4. The highest BCUT2D eigenvalue weighted by Crippen LogP contribution is 2.26. The van der Waals surface area contributed by atoms with E-state index in [0.717, 1.165) is 0 Å². The van der Waals surface area contributed by atoms with Crippen molar-refractivity contribution in [3.63, 3.8) is 0 Å². The lowest BCUT2D eigenvalue weighted by Crippen LogP contribution is -2.14. The van der Waals surface area contributed by atoms with Crippen LogP contribution in [0.1, 0.15) is 5.56 Å². The van der Waals surface area contributed by atoms with E-state index in [-0.39, 0.29) is 4.90 Å². The van der Waals surface area contributed by atoms with Crippen LogP contribution in [-0.2, 0) is 10.0 Å². The highest BCUT2D eigenvalue weighted by molar-refractivity contribution is 7.92. The fraction of sp³-hybridized carbons (Fsp3) is 0.0714. The summed E-state index contributed by atoms with van der Waals surface area (Å²) in [5.74, 6) is 0.449. The third kappa shape index (κ3) is 3.17. The first-order valence-corrected chi connectivity index (χ1v) is 8.45. The lowest BCUT2D eigenvalue weighted by atomic mass is 10.2. The molecule has 0 saturated heterocycles. The zero-order valence-electron chi connectivity index (χ0n) is 12.0. The molecule has 7 nitrogen and oxygen atoms in total. The van der Waals surface area contributed by atoms with E-state index in [1.807, 2.05) is 0 Å². The molecule has 3 rings (SSSR count). The predicted octanol–water partition coefficient (Wildman–Crippen LogP) is 2.63. The Morgan fingerprint density at radius 1 is 1.17 bits per heavy atom. The summed E-state index contributed by atoms with van der Waals surface area (Å²) >= 11 is 6.00. The summed E-state index contributed by atoms with van der Waals surface area (Å²) in [6.07, 6.45) is 0. The molecule has 2 aromatic carbocycles. The van der Waals surface area contributed by atoms with Crippen molar-refractivity contribution in [2.45, 2.75) is 11.8 Å². The second kappa shape index (κ2) is 5.98. The number of H-pyrrole nitrogens is 1. The van der Waals surface area contributed by atoms with Gasteiger partial charge in [0.15, 0.2) is 5.82 Å². The molecule has 3 aromatic rings. The van der Waals surface area contributed by atoms with Gasteiger partial charge in [-0.2, -0.15) is 0 Å². The number of anilines is 1. The fourth-order valence-electron chi connectivity index (χ4n) is 2.10. The number of nitrogens with zero attached hydrogens (tertiary/aromatic N) is 3. The van der Waals surface area contributed by atoms with Crippen LogP contribution >= 0.6 is 11.6 Å². The summed E-state index contributed by atoms with van der Waals surface area (Å²) in [5.41, 5.74) is 1.56. The van der Waals surface area contributed by atoms with Crippen LogP contribution in [0.25, 0.3) is 11.4 Å². The molecule has 9 heteroatoms. The van der Waals surface area contributed by atoms with Gasteiger partial charge in [-0.25, -0.2) is 13.5 Å². The molecule has 0 aliphatic heterocycles. The van der Waals surface area contributed by atoms with Crippen molar-refractivity contribution in [3.05, 3.63) is 53.1 Å². The van der Waals surface area contributed by atoms with E-state index in [1.165, 1.54) is 6.07 Å². The van der Waals surface area contributed by atoms with Gasteiger partial charge in [-0.15, -0.1) is 5.10 Å². The monoisotopic (exact) mass is 349 g/mol.